The highest BCUT2D eigenvalue weighted by Gasteiger charge is 2.25. The molecule has 9 heteroatoms. The lowest BCUT2D eigenvalue weighted by Gasteiger charge is -2.17. The molecule has 1 N–H and O–H groups in total. The van der Waals surface area contributed by atoms with E-state index in [1.807, 2.05) is 0 Å². The average Bonchev–Trinajstić information content (AvgIpc) is 2.74. The van der Waals surface area contributed by atoms with Gasteiger partial charge in [0.05, 0.1) is 13.3 Å². The molecule has 0 aliphatic carbocycles. The Hall–Kier alpha value is -2.54. The Balaban J connectivity index is 2.12. The van der Waals surface area contributed by atoms with Crippen LogP contribution in [0.1, 0.15) is 21.5 Å². The maximum atomic E-state index is 13.9. The highest BCUT2D eigenvalue weighted by atomic mass is 31.2. The van der Waals surface area contributed by atoms with Crippen LogP contribution in [-0.2, 0) is 35.7 Å². The Morgan fingerprint density at radius 1 is 1.03 bits per heavy atom. The first-order valence-electron chi connectivity index (χ1n) is 8.73. The van der Waals surface area contributed by atoms with E-state index in [4.69, 9.17) is 13.8 Å². The van der Waals surface area contributed by atoms with Gasteiger partial charge in [0.25, 0.3) is 5.91 Å². The van der Waals surface area contributed by atoms with Crippen LogP contribution >= 0.6 is 7.60 Å². The highest BCUT2D eigenvalue weighted by Crippen LogP contribution is 2.49. The number of nitrogens with one attached hydrogen (secondary N) is 1. The van der Waals surface area contributed by atoms with Crippen LogP contribution in [0.4, 0.5) is 4.39 Å². The number of rotatable bonds is 9. The molecule has 7 nitrogen and oxygen atoms in total. The highest BCUT2D eigenvalue weighted by molar-refractivity contribution is 7.52. The first-order chi connectivity index (χ1) is 13.8. The summed E-state index contributed by atoms with van der Waals surface area (Å²) in [7, 11) is 0.574. The fraction of sp³-hybridized carbons (Fsp3) is 0.300. The molecule has 0 saturated carbocycles. The van der Waals surface area contributed by atoms with Crippen LogP contribution in [0.15, 0.2) is 48.5 Å². The molecule has 156 valence electrons. The van der Waals surface area contributed by atoms with Crippen LogP contribution in [0, 0.1) is 5.82 Å². The van der Waals surface area contributed by atoms with E-state index in [1.165, 1.54) is 51.7 Å². The summed E-state index contributed by atoms with van der Waals surface area (Å²) in [6.45, 7) is 0. The van der Waals surface area contributed by atoms with Gasteiger partial charge in [-0.2, -0.15) is 0 Å². The molecule has 0 aliphatic rings. The van der Waals surface area contributed by atoms with E-state index in [0.29, 0.717) is 5.56 Å². The minimum atomic E-state index is -3.22. The van der Waals surface area contributed by atoms with Crippen molar-refractivity contribution in [2.45, 2.75) is 18.6 Å². The summed E-state index contributed by atoms with van der Waals surface area (Å²) < 4.78 is 40.6. The molecular weight excluding hydrogens is 400 g/mol. The summed E-state index contributed by atoms with van der Waals surface area (Å²) in [4.78, 5) is 24.6. The van der Waals surface area contributed by atoms with Crippen molar-refractivity contribution in [1.29, 1.82) is 0 Å². The summed E-state index contributed by atoms with van der Waals surface area (Å²) in [5.41, 5.74) is 1.22. The molecule has 0 radical (unpaired) electrons. The number of benzene rings is 2. The molecule has 29 heavy (non-hydrogen) atoms. The Morgan fingerprint density at radius 2 is 1.66 bits per heavy atom. The number of hydrogen-bond acceptors (Lipinski definition) is 6. The van der Waals surface area contributed by atoms with Gasteiger partial charge in [0.15, 0.2) is 0 Å². The number of halogens is 1. The minimum absolute atomic E-state index is 0.0476. The van der Waals surface area contributed by atoms with Crippen LogP contribution in [0.2, 0.25) is 0 Å². The molecule has 0 aromatic heterocycles. The van der Waals surface area contributed by atoms with Crippen molar-refractivity contribution in [3.05, 3.63) is 71.0 Å². The van der Waals surface area contributed by atoms with Gasteiger partial charge in [0, 0.05) is 26.2 Å². The lowest BCUT2D eigenvalue weighted by atomic mass is 10.0. The Labute approximate surface area is 168 Å². The number of ether oxygens (including phenoxy) is 1. The number of methoxy groups -OCH3 is 1. The van der Waals surface area contributed by atoms with Crippen LogP contribution < -0.4 is 5.32 Å². The minimum Gasteiger partial charge on any atom is -0.467 e. The van der Waals surface area contributed by atoms with Crippen LogP contribution in [0.5, 0.6) is 0 Å². The SMILES string of the molecule is COC(=O)[C@@H](Cc1ccccc1F)NC(=O)c1ccc(CP(=O)(OC)OC)cc1. The van der Waals surface area contributed by atoms with Crippen molar-refractivity contribution in [3.8, 4) is 0 Å². The predicted octanol–water partition coefficient (Wildman–Crippen LogP) is 3.33. The molecule has 2 rings (SSSR count). The van der Waals surface area contributed by atoms with E-state index < -0.39 is 31.3 Å². The summed E-state index contributed by atoms with van der Waals surface area (Å²) >= 11 is 0. The van der Waals surface area contributed by atoms with Gasteiger partial charge in [-0.05, 0) is 29.3 Å². The Bertz CT molecular complexity index is 894. The van der Waals surface area contributed by atoms with Gasteiger partial charge in [-0.25, -0.2) is 9.18 Å². The normalized spacial score (nSPS) is 12.3. The van der Waals surface area contributed by atoms with Gasteiger partial charge < -0.3 is 19.1 Å². The molecule has 0 heterocycles. The lowest BCUT2D eigenvalue weighted by Crippen LogP contribution is -2.43. The standard InChI is InChI=1S/C20H23FNO6P/c1-26-20(24)18(12-16-6-4-5-7-17(16)21)22-19(23)15-10-8-14(9-11-15)13-29(25,27-2)28-3/h4-11,18H,12-13H2,1-3H3,(H,22,23)/t18-/m1/s1. The zero-order valence-electron chi connectivity index (χ0n) is 16.4. The quantitative estimate of drug-likeness (QED) is 0.492. The fourth-order valence-corrected chi connectivity index (χ4v) is 3.72. The maximum absolute atomic E-state index is 13.9. The molecule has 0 unspecified atom stereocenters. The van der Waals surface area contributed by atoms with Crippen LogP contribution in [0.25, 0.3) is 0 Å². The smallest absolute Gasteiger partial charge is 0.334 e. The van der Waals surface area contributed by atoms with E-state index in [9.17, 15) is 18.5 Å². The van der Waals surface area contributed by atoms with Crippen LogP contribution in [-0.4, -0.2) is 39.2 Å². The van der Waals surface area contributed by atoms with Crippen molar-refractivity contribution in [3.63, 3.8) is 0 Å². The second kappa shape index (κ2) is 10.3. The zero-order chi connectivity index (χ0) is 21.4. The third kappa shape index (κ3) is 6.22. The van der Waals surface area contributed by atoms with E-state index in [0.717, 1.165) is 0 Å². The fourth-order valence-electron chi connectivity index (χ4n) is 2.65. The van der Waals surface area contributed by atoms with Gasteiger partial charge in [0.2, 0.25) is 0 Å². The van der Waals surface area contributed by atoms with Crippen molar-refractivity contribution < 1.29 is 32.3 Å². The zero-order valence-corrected chi connectivity index (χ0v) is 17.3. The molecular formula is C20H23FNO6P. The van der Waals surface area contributed by atoms with Crippen molar-refractivity contribution >= 4 is 19.5 Å². The lowest BCUT2D eigenvalue weighted by molar-refractivity contribution is -0.142. The first-order valence-corrected chi connectivity index (χ1v) is 10.5. The summed E-state index contributed by atoms with van der Waals surface area (Å²) in [6, 6.07) is 11.2. The van der Waals surface area contributed by atoms with Gasteiger partial charge in [0.1, 0.15) is 11.9 Å². The van der Waals surface area contributed by atoms with Crippen LogP contribution in [0.3, 0.4) is 0 Å². The number of esters is 1. The maximum Gasteiger partial charge on any atom is 0.334 e. The summed E-state index contributed by atoms with van der Waals surface area (Å²) in [5, 5.41) is 2.57. The van der Waals surface area contributed by atoms with Crippen molar-refractivity contribution in [2.75, 3.05) is 21.3 Å². The molecule has 0 aliphatic heterocycles. The summed E-state index contributed by atoms with van der Waals surface area (Å²) in [6.07, 6.45) is 0.00793. The number of carbonyl (C=O) groups excluding carboxylic acids is 2. The van der Waals surface area contributed by atoms with E-state index in [2.05, 4.69) is 5.32 Å². The third-order valence-electron chi connectivity index (χ3n) is 4.32. The average molecular weight is 423 g/mol. The monoisotopic (exact) mass is 423 g/mol. The van der Waals surface area contributed by atoms with Gasteiger partial charge in [-0.1, -0.05) is 30.3 Å². The van der Waals surface area contributed by atoms with E-state index in [-0.39, 0.29) is 23.7 Å². The van der Waals surface area contributed by atoms with Gasteiger partial charge >= 0.3 is 13.6 Å². The largest absolute Gasteiger partial charge is 0.467 e. The Kier molecular flexibility index (Phi) is 8.08. The van der Waals surface area contributed by atoms with Crippen molar-refractivity contribution in [1.82, 2.24) is 5.32 Å². The number of carbonyl (C=O) groups is 2. The van der Waals surface area contributed by atoms with Crippen molar-refractivity contribution in [2.24, 2.45) is 0 Å². The summed E-state index contributed by atoms with van der Waals surface area (Å²) in [5.74, 6) is -1.68. The predicted molar refractivity (Wildman–Crippen MR) is 105 cm³/mol. The first kappa shape index (κ1) is 22.7. The number of amides is 1. The van der Waals surface area contributed by atoms with E-state index >= 15 is 0 Å². The topological polar surface area (TPSA) is 90.9 Å². The third-order valence-corrected chi connectivity index (χ3v) is 6.19. The molecule has 2 aromatic carbocycles. The molecule has 1 atom stereocenters. The van der Waals surface area contributed by atoms with Gasteiger partial charge in [-0.3, -0.25) is 9.36 Å². The number of hydrogen-bond donors (Lipinski definition) is 1. The molecule has 1 amide bonds. The molecule has 0 fully saturated rings. The van der Waals surface area contributed by atoms with E-state index in [1.54, 1.807) is 18.2 Å². The van der Waals surface area contributed by atoms with Gasteiger partial charge in [-0.15, -0.1) is 0 Å². The molecule has 0 saturated heterocycles. The second-order valence-electron chi connectivity index (χ2n) is 6.18. The Morgan fingerprint density at radius 3 is 2.21 bits per heavy atom. The molecule has 0 bridgehead atoms. The second-order valence-corrected chi connectivity index (χ2v) is 8.44. The molecule has 0 spiro atoms. The molecule has 2 aromatic rings.